The summed E-state index contributed by atoms with van der Waals surface area (Å²) in [6.07, 6.45) is 0. The van der Waals surface area contributed by atoms with E-state index in [2.05, 4.69) is 49.0 Å². The maximum atomic E-state index is 4.79. The van der Waals surface area contributed by atoms with Gasteiger partial charge in [0.15, 0.2) is 0 Å². The van der Waals surface area contributed by atoms with Crippen LogP contribution in [-0.2, 0) is 5.41 Å². The smallest absolute Gasteiger partial charge is 0.138 e. The Hall–Kier alpha value is -0.970. The predicted molar refractivity (Wildman–Crippen MR) is 84.4 cm³/mol. The van der Waals surface area contributed by atoms with Crippen LogP contribution >= 0.6 is 11.8 Å². The first-order chi connectivity index (χ1) is 8.91. The fraction of sp³-hybridized carbons (Fsp3) is 0.714. The van der Waals surface area contributed by atoms with Crippen LogP contribution in [0.25, 0.3) is 0 Å². The largest absolute Gasteiger partial charge is 0.373 e. The summed E-state index contributed by atoms with van der Waals surface area (Å²) in [7, 11) is 1.91. The molecule has 1 N–H and O–H groups in total. The number of nitrogens with one attached hydrogen (secondary N) is 1. The molecular formula is C14H24N4S. The summed E-state index contributed by atoms with van der Waals surface area (Å²) in [5.74, 6) is 5.20. The van der Waals surface area contributed by atoms with Gasteiger partial charge in [0.05, 0.1) is 0 Å². The molecule has 2 rings (SSSR count). The minimum atomic E-state index is -0.0324. The molecule has 19 heavy (non-hydrogen) atoms. The second kappa shape index (κ2) is 5.57. The van der Waals surface area contributed by atoms with Crippen molar-refractivity contribution in [1.82, 2.24) is 9.97 Å². The number of rotatable bonds is 2. The van der Waals surface area contributed by atoms with E-state index >= 15 is 0 Å². The highest BCUT2D eigenvalue weighted by Crippen LogP contribution is 2.27. The Kier molecular flexibility index (Phi) is 4.23. The highest BCUT2D eigenvalue weighted by atomic mass is 32.2. The third kappa shape index (κ3) is 3.32. The van der Waals surface area contributed by atoms with Gasteiger partial charge < -0.3 is 10.2 Å². The summed E-state index contributed by atoms with van der Waals surface area (Å²) in [5.41, 5.74) is -0.0324. The van der Waals surface area contributed by atoms with E-state index in [-0.39, 0.29) is 5.41 Å². The van der Waals surface area contributed by atoms with Crippen molar-refractivity contribution in [3.63, 3.8) is 0 Å². The molecular weight excluding hydrogens is 256 g/mol. The average molecular weight is 280 g/mol. The average Bonchev–Trinajstić information content (AvgIpc) is 2.37. The zero-order valence-electron chi connectivity index (χ0n) is 12.5. The second-order valence-electron chi connectivity index (χ2n) is 6.05. The van der Waals surface area contributed by atoms with E-state index in [1.54, 1.807) is 0 Å². The minimum absolute atomic E-state index is 0.0324. The van der Waals surface area contributed by atoms with Gasteiger partial charge in [-0.1, -0.05) is 20.8 Å². The molecule has 1 aliphatic heterocycles. The van der Waals surface area contributed by atoms with E-state index in [1.807, 2.05) is 18.8 Å². The van der Waals surface area contributed by atoms with Gasteiger partial charge in [-0.25, -0.2) is 9.97 Å². The number of hydrogen-bond acceptors (Lipinski definition) is 5. The highest BCUT2D eigenvalue weighted by Gasteiger charge is 2.24. The topological polar surface area (TPSA) is 41.0 Å². The van der Waals surface area contributed by atoms with Crippen molar-refractivity contribution in [1.29, 1.82) is 0 Å². The van der Waals surface area contributed by atoms with Gasteiger partial charge in [0.25, 0.3) is 0 Å². The Balaban J connectivity index is 2.39. The maximum Gasteiger partial charge on any atom is 0.138 e. The summed E-state index contributed by atoms with van der Waals surface area (Å²) in [5, 5.41) is 3.15. The first-order valence-electron chi connectivity index (χ1n) is 6.83. The summed E-state index contributed by atoms with van der Waals surface area (Å²) in [6, 6.07) is 2.59. The normalized spacial score (nSPS) is 20.5. The molecule has 1 atom stereocenters. The Labute approximate surface area is 120 Å². The lowest BCUT2D eigenvalue weighted by Gasteiger charge is -2.34. The zero-order valence-corrected chi connectivity index (χ0v) is 13.3. The Bertz CT molecular complexity index is 442. The fourth-order valence-electron chi connectivity index (χ4n) is 2.11. The van der Waals surface area contributed by atoms with Crippen molar-refractivity contribution < 1.29 is 0 Å². The van der Waals surface area contributed by atoms with Gasteiger partial charge in [-0.05, 0) is 6.92 Å². The monoisotopic (exact) mass is 280 g/mol. The van der Waals surface area contributed by atoms with Gasteiger partial charge in [-0.3, -0.25) is 0 Å². The molecule has 0 spiro atoms. The molecule has 0 saturated carbocycles. The lowest BCUT2D eigenvalue weighted by molar-refractivity contribution is 0.543. The third-order valence-electron chi connectivity index (χ3n) is 3.30. The van der Waals surface area contributed by atoms with Crippen molar-refractivity contribution in [2.45, 2.75) is 39.2 Å². The van der Waals surface area contributed by atoms with Crippen LogP contribution < -0.4 is 10.2 Å². The van der Waals surface area contributed by atoms with Crippen molar-refractivity contribution >= 4 is 23.4 Å². The maximum absolute atomic E-state index is 4.79. The first kappa shape index (κ1) is 14.4. The third-order valence-corrected chi connectivity index (χ3v) is 4.49. The molecule has 0 bridgehead atoms. The standard InChI is InChI=1S/C14H24N4S/c1-10-9-19-7-6-18(10)12-8-11(15-5)16-13(17-12)14(2,3)4/h8,10H,6-7,9H2,1-5H3,(H,15,16,17). The number of nitrogens with zero attached hydrogens (tertiary/aromatic N) is 3. The van der Waals surface area contributed by atoms with Gasteiger partial charge in [0.1, 0.15) is 17.5 Å². The van der Waals surface area contributed by atoms with Crippen molar-refractivity contribution in [3.05, 3.63) is 11.9 Å². The summed E-state index contributed by atoms with van der Waals surface area (Å²) < 4.78 is 0. The molecule has 1 aromatic heterocycles. The molecule has 1 saturated heterocycles. The number of aromatic nitrogens is 2. The van der Waals surface area contributed by atoms with Crippen molar-refractivity contribution in [2.75, 3.05) is 35.3 Å². The molecule has 4 nitrogen and oxygen atoms in total. The summed E-state index contributed by atoms with van der Waals surface area (Å²) >= 11 is 2.02. The van der Waals surface area contributed by atoms with Gasteiger partial charge in [0, 0.05) is 42.6 Å². The van der Waals surface area contributed by atoms with E-state index in [4.69, 9.17) is 4.98 Å². The predicted octanol–water partition coefficient (Wildman–Crippen LogP) is 2.76. The van der Waals surface area contributed by atoms with Crippen LogP contribution in [0.15, 0.2) is 6.07 Å². The van der Waals surface area contributed by atoms with Crippen molar-refractivity contribution in [2.24, 2.45) is 0 Å². The van der Waals surface area contributed by atoms with Crippen LogP contribution in [-0.4, -0.2) is 41.1 Å². The molecule has 1 unspecified atom stereocenters. The van der Waals surface area contributed by atoms with E-state index in [1.165, 1.54) is 11.5 Å². The molecule has 106 valence electrons. The van der Waals surface area contributed by atoms with Crippen molar-refractivity contribution in [3.8, 4) is 0 Å². The minimum Gasteiger partial charge on any atom is -0.373 e. The summed E-state index contributed by atoms with van der Waals surface area (Å²) in [4.78, 5) is 11.8. The van der Waals surface area contributed by atoms with E-state index < -0.39 is 0 Å². The molecule has 2 heterocycles. The van der Waals surface area contributed by atoms with Gasteiger partial charge in [0.2, 0.25) is 0 Å². The molecule has 1 aliphatic rings. The lowest BCUT2D eigenvalue weighted by Crippen LogP contribution is -2.41. The van der Waals surface area contributed by atoms with E-state index in [0.29, 0.717) is 6.04 Å². The van der Waals surface area contributed by atoms with Crippen LogP contribution in [0.1, 0.15) is 33.5 Å². The SMILES string of the molecule is CNc1cc(N2CCSCC2C)nc(C(C)(C)C)n1. The molecule has 0 aromatic carbocycles. The number of thioether (sulfide) groups is 1. The molecule has 0 radical (unpaired) electrons. The number of anilines is 2. The van der Waals surface area contributed by atoms with Crippen LogP contribution in [0, 0.1) is 0 Å². The first-order valence-corrected chi connectivity index (χ1v) is 7.99. The molecule has 0 aliphatic carbocycles. The second-order valence-corrected chi connectivity index (χ2v) is 7.20. The van der Waals surface area contributed by atoms with Gasteiger partial charge >= 0.3 is 0 Å². The summed E-state index contributed by atoms with van der Waals surface area (Å²) in [6.45, 7) is 9.79. The van der Waals surface area contributed by atoms with Crippen LogP contribution in [0.5, 0.6) is 0 Å². The number of hydrogen-bond donors (Lipinski definition) is 1. The fourth-order valence-corrected chi connectivity index (χ4v) is 3.13. The highest BCUT2D eigenvalue weighted by molar-refractivity contribution is 7.99. The van der Waals surface area contributed by atoms with E-state index in [9.17, 15) is 0 Å². The molecule has 1 fully saturated rings. The molecule has 0 amide bonds. The Morgan fingerprint density at radius 2 is 2.11 bits per heavy atom. The van der Waals surface area contributed by atoms with Crippen LogP contribution in [0.4, 0.5) is 11.6 Å². The lowest BCUT2D eigenvalue weighted by atomic mass is 9.96. The van der Waals surface area contributed by atoms with Crippen LogP contribution in [0.2, 0.25) is 0 Å². The Morgan fingerprint density at radius 3 is 2.68 bits per heavy atom. The zero-order chi connectivity index (χ0) is 14.0. The quantitative estimate of drug-likeness (QED) is 0.902. The Morgan fingerprint density at radius 1 is 1.37 bits per heavy atom. The van der Waals surface area contributed by atoms with Gasteiger partial charge in [-0.2, -0.15) is 11.8 Å². The molecule has 5 heteroatoms. The molecule has 1 aromatic rings. The van der Waals surface area contributed by atoms with Gasteiger partial charge in [-0.15, -0.1) is 0 Å². The van der Waals surface area contributed by atoms with Crippen LogP contribution in [0.3, 0.4) is 0 Å². The van der Waals surface area contributed by atoms with E-state index in [0.717, 1.165) is 24.0 Å².